The van der Waals surface area contributed by atoms with E-state index in [4.69, 9.17) is 0 Å². The molecular formula is C18H24N2O3. The van der Waals surface area contributed by atoms with Crippen molar-refractivity contribution < 1.29 is 14.7 Å². The van der Waals surface area contributed by atoms with Gasteiger partial charge in [0.2, 0.25) is 0 Å². The lowest BCUT2D eigenvalue weighted by molar-refractivity contribution is -0.141. The molecule has 0 saturated carbocycles. The van der Waals surface area contributed by atoms with Gasteiger partial charge >= 0.3 is 5.97 Å². The maximum Gasteiger partial charge on any atom is 0.326 e. The van der Waals surface area contributed by atoms with Gasteiger partial charge in [-0.1, -0.05) is 24.6 Å². The largest absolute Gasteiger partial charge is 0.480 e. The summed E-state index contributed by atoms with van der Waals surface area (Å²) < 4.78 is 0. The van der Waals surface area contributed by atoms with Crippen molar-refractivity contribution in [3.05, 3.63) is 35.4 Å². The number of benzene rings is 1. The normalized spacial score (nSPS) is 22.3. The van der Waals surface area contributed by atoms with Crippen molar-refractivity contribution in [3.63, 3.8) is 0 Å². The van der Waals surface area contributed by atoms with Gasteiger partial charge in [0.05, 0.1) is 0 Å². The third-order valence-corrected chi connectivity index (χ3v) is 4.89. The van der Waals surface area contributed by atoms with Crippen molar-refractivity contribution in [2.75, 3.05) is 19.6 Å². The quantitative estimate of drug-likeness (QED) is 0.926. The van der Waals surface area contributed by atoms with Crippen LogP contribution in [0.3, 0.4) is 0 Å². The van der Waals surface area contributed by atoms with Crippen molar-refractivity contribution in [2.45, 2.75) is 44.7 Å². The molecule has 2 aliphatic rings. The molecule has 0 aromatic heterocycles. The minimum Gasteiger partial charge on any atom is -0.480 e. The Bertz CT molecular complexity index is 581. The zero-order valence-corrected chi connectivity index (χ0v) is 13.4. The Balaban J connectivity index is 1.79. The van der Waals surface area contributed by atoms with E-state index in [1.165, 1.54) is 24.2 Å². The Morgan fingerprint density at radius 3 is 2.52 bits per heavy atom. The molecule has 0 aliphatic carbocycles. The van der Waals surface area contributed by atoms with E-state index in [1.807, 2.05) is 24.3 Å². The molecule has 5 heteroatoms. The number of hydrogen-bond acceptors (Lipinski definition) is 3. The van der Waals surface area contributed by atoms with Crippen LogP contribution in [0.25, 0.3) is 0 Å². The second-order valence-corrected chi connectivity index (χ2v) is 6.49. The van der Waals surface area contributed by atoms with Gasteiger partial charge in [0.15, 0.2) is 0 Å². The zero-order chi connectivity index (χ0) is 16.2. The molecule has 1 atom stereocenters. The molecule has 1 amide bonds. The van der Waals surface area contributed by atoms with E-state index in [1.54, 1.807) is 0 Å². The summed E-state index contributed by atoms with van der Waals surface area (Å²) in [7, 11) is 0. The summed E-state index contributed by atoms with van der Waals surface area (Å²) in [6.07, 6.45) is 5.02. The fourth-order valence-electron chi connectivity index (χ4n) is 3.65. The number of rotatable bonds is 4. The summed E-state index contributed by atoms with van der Waals surface area (Å²) >= 11 is 0. The van der Waals surface area contributed by atoms with Gasteiger partial charge in [-0.15, -0.1) is 0 Å². The van der Waals surface area contributed by atoms with Crippen LogP contribution >= 0.6 is 0 Å². The molecular weight excluding hydrogens is 292 g/mol. The van der Waals surface area contributed by atoms with E-state index in [0.717, 1.165) is 31.6 Å². The van der Waals surface area contributed by atoms with Crippen LogP contribution in [-0.4, -0.2) is 52.5 Å². The van der Waals surface area contributed by atoms with Crippen LogP contribution in [0.1, 0.15) is 48.0 Å². The van der Waals surface area contributed by atoms with E-state index < -0.39 is 12.0 Å². The average Bonchev–Trinajstić information content (AvgIpc) is 3.06. The molecule has 0 bridgehead atoms. The van der Waals surface area contributed by atoms with E-state index in [2.05, 4.69) is 4.90 Å². The number of nitrogens with zero attached hydrogens (tertiary/aromatic N) is 2. The van der Waals surface area contributed by atoms with Gasteiger partial charge in [-0.2, -0.15) is 0 Å². The fraction of sp³-hybridized carbons (Fsp3) is 0.556. The lowest BCUT2D eigenvalue weighted by atomic mass is 10.0. The molecule has 1 aromatic rings. The predicted molar refractivity (Wildman–Crippen MR) is 87.3 cm³/mol. The molecule has 124 valence electrons. The molecule has 2 saturated heterocycles. The Hall–Kier alpha value is -1.88. The van der Waals surface area contributed by atoms with E-state index in [-0.39, 0.29) is 5.91 Å². The third kappa shape index (κ3) is 3.55. The molecule has 3 rings (SSSR count). The molecule has 2 heterocycles. The van der Waals surface area contributed by atoms with Crippen LogP contribution in [0.15, 0.2) is 24.3 Å². The van der Waals surface area contributed by atoms with Crippen LogP contribution in [0.5, 0.6) is 0 Å². The molecule has 2 fully saturated rings. The summed E-state index contributed by atoms with van der Waals surface area (Å²) in [6, 6.07) is 6.96. The number of carbonyl (C=O) groups excluding carboxylic acids is 1. The molecule has 2 aliphatic heterocycles. The highest BCUT2D eigenvalue weighted by atomic mass is 16.4. The Morgan fingerprint density at radius 1 is 1.04 bits per heavy atom. The maximum absolute atomic E-state index is 12.9. The summed E-state index contributed by atoms with van der Waals surface area (Å²) in [5, 5.41) is 9.31. The van der Waals surface area contributed by atoms with Crippen LogP contribution < -0.4 is 0 Å². The first-order valence-electron chi connectivity index (χ1n) is 8.51. The molecule has 0 radical (unpaired) electrons. The van der Waals surface area contributed by atoms with Gasteiger partial charge in [0.1, 0.15) is 6.04 Å². The van der Waals surface area contributed by atoms with E-state index >= 15 is 0 Å². The van der Waals surface area contributed by atoms with Crippen molar-refractivity contribution in [1.29, 1.82) is 0 Å². The number of likely N-dealkylation sites (tertiary alicyclic amines) is 2. The second-order valence-electron chi connectivity index (χ2n) is 6.49. The number of carboxylic acids is 1. The monoisotopic (exact) mass is 316 g/mol. The van der Waals surface area contributed by atoms with Gasteiger partial charge in [0, 0.05) is 18.7 Å². The number of carboxylic acid groups (broad SMARTS) is 1. The summed E-state index contributed by atoms with van der Waals surface area (Å²) in [4.78, 5) is 28.1. The molecule has 1 aromatic carbocycles. The maximum atomic E-state index is 12.9. The van der Waals surface area contributed by atoms with Gasteiger partial charge in [-0.25, -0.2) is 4.79 Å². The second kappa shape index (κ2) is 7.13. The Morgan fingerprint density at radius 2 is 1.78 bits per heavy atom. The number of amides is 1. The van der Waals surface area contributed by atoms with E-state index in [9.17, 15) is 14.7 Å². The molecule has 1 unspecified atom stereocenters. The SMILES string of the molecule is O=C(O)C1CCCN1C(=O)c1ccccc1CN1CCCCC1. The number of hydrogen-bond donors (Lipinski definition) is 1. The van der Waals surface area contributed by atoms with Gasteiger partial charge < -0.3 is 10.0 Å². The summed E-state index contributed by atoms with van der Waals surface area (Å²) in [5.41, 5.74) is 1.67. The predicted octanol–water partition coefficient (Wildman–Crippen LogP) is 2.36. The first kappa shape index (κ1) is 16.0. The van der Waals surface area contributed by atoms with Crippen LogP contribution in [-0.2, 0) is 11.3 Å². The first-order valence-corrected chi connectivity index (χ1v) is 8.51. The van der Waals surface area contributed by atoms with Crippen molar-refractivity contribution in [1.82, 2.24) is 9.80 Å². The standard InChI is InChI=1S/C18H24N2O3/c21-17(20-12-6-9-16(20)18(22)23)15-8-3-2-7-14(15)13-19-10-4-1-5-11-19/h2-3,7-8,16H,1,4-6,9-13H2,(H,22,23). The number of carbonyl (C=O) groups is 2. The van der Waals surface area contributed by atoms with Gasteiger partial charge in [-0.05, 0) is 50.4 Å². The Labute approximate surface area is 136 Å². The number of aliphatic carboxylic acids is 1. The van der Waals surface area contributed by atoms with Gasteiger partial charge in [-0.3, -0.25) is 9.69 Å². The smallest absolute Gasteiger partial charge is 0.326 e. The number of piperidine rings is 1. The molecule has 1 N–H and O–H groups in total. The highest BCUT2D eigenvalue weighted by Crippen LogP contribution is 2.23. The van der Waals surface area contributed by atoms with E-state index in [0.29, 0.717) is 18.5 Å². The average molecular weight is 316 g/mol. The van der Waals surface area contributed by atoms with Crippen LogP contribution in [0.4, 0.5) is 0 Å². The Kier molecular flexibility index (Phi) is 4.96. The lowest BCUT2D eigenvalue weighted by Gasteiger charge is -2.28. The summed E-state index contributed by atoms with van der Waals surface area (Å²) in [6.45, 7) is 3.45. The topological polar surface area (TPSA) is 60.9 Å². The van der Waals surface area contributed by atoms with Crippen LogP contribution in [0.2, 0.25) is 0 Å². The van der Waals surface area contributed by atoms with Crippen molar-refractivity contribution >= 4 is 11.9 Å². The molecule has 23 heavy (non-hydrogen) atoms. The van der Waals surface area contributed by atoms with Crippen molar-refractivity contribution in [3.8, 4) is 0 Å². The zero-order valence-electron chi connectivity index (χ0n) is 13.4. The molecule has 5 nitrogen and oxygen atoms in total. The van der Waals surface area contributed by atoms with Crippen LogP contribution in [0, 0.1) is 0 Å². The highest BCUT2D eigenvalue weighted by molar-refractivity contribution is 5.98. The summed E-state index contributed by atoms with van der Waals surface area (Å²) in [5.74, 6) is -1.04. The minimum absolute atomic E-state index is 0.137. The molecule has 0 spiro atoms. The first-order chi connectivity index (χ1) is 11.2. The lowest BCUT2D eigenvalue weighted by Crippen LogP contribution is -2.41. The van der Waals surface area contributed by atoms with Gasteiger partial charge in [0.25, 0.3) is 5.91 Å². The highest BCUT2D eigenvalue weighted by Gasteiger charge is 2.35. The third-order valence-electron chi connectivity index (χ3n) is 4.89. The minimum atomic E-state index is -0.899. The fourth-order valence-corrected chi connectivity index (χ4v) is 3.65. The van der Waals surface area contributed by atoms with Crippen molar-refractivity contribution in [2.24, 2.45) is 0 Å².